The van der Waals surface area contributed by atoms with Gasteiger partial charge in [0.25, 0.3) is 5.56 Å². The number of H-pyrrole nitrogens is 1. The Bertz CT molecular complexity index is 1530. The van der Waals surface area contributed by atoms with E-state index in [2.05, 4.69) is 0 Å². The standard InChI is InChI=1S/C25H20F2N2O5S/c1-14-19(9-15-3-6-17(7-4-15)35(2)33)18-8-5-16(26)10-21(18)20(14)11-23(30)34-13-29-12-22(27)24(31)28-25(29)32/h3-10,12H,11,13H2,1-2H3,(H,28,31,32)/b19-9-. The van der Waals surface area contributed by atoms with Crippen molar-refractivity contribution in [2.75, 3.05) is 6.26 Å². The van der Waals surface area contributed by atoms with E-state index in [1.165, 1.54) is 12.1 Å². The Hall–Kier alpha value is -3.92. The molecule has 1 aliphatic rings. The number of fused-ring (bicyclic) bond motifs is 1. The number of allylic oxidation sites excluding steroid dienone is 2. The topological polar surface area (TPSA) is 98.2 Å². The normalized spacial score (nSPS) is 14.8. The molecule has 1 N–H and O–H groups in total. The first-order valence-corrected chi connectivity index (χ1v) is 12.0. The van der Waals surface area contributed by atoms with Gasteiger partial charge in [-0.3, -0.25) is 23.3 Å². The van der Waals surface area contributed by atoms with Crippen molar-refractivity contribution in [3.63, 3.8) is 0 Å². The fourth-order valence-electron chi connectivity index (χ4n) is 3.82. The molecule has 1 aromatic heterocycles. The minimum absolute atomic E-state index is 0.214. The molecule has 0 saturated carbocycles. The van der Waals surface area contributed by atoms with Crippen LogP contribution in [0.1, 0.15) is 30.0 Å². The first-order chi connectivity index (χ1) is 16.6. The van der Waals surface area contributed by atoms with E-state index < -0.39 is 46.4 Å². The van der Waals surface area contributed by atoms with Gasteiger partial charge in [-0.1, -0.05) is 18.2 Å². The minimum Gasteiger partial charge on any atom is -0.443 e. The summed E-state index contributed by atoms with van der Waals surface area (Å²) in [5.41, 5.74) is 2.15. The number of benzene rings is 2. The Morgan fingerprint density at radius 1 is 1.11 bits per heavy atom. The van der Waals surface area contributed by atoms with Crippen LogP contribution in [0.2, 0.25) is 0 Å². The average Bonchev–Trinajstić information content (AvgIpc) is 3.06. The van der Waals surface area contributed by atoms with Crippen molar-refractivity contribution < 1.29 is 22.5 Å². The number of hydrogen-bond donors (Lipinski definition) is 1. The first kappa shape index (κ1) is 24.2. The van der Waals surface area contributed by atoms with Crippen molar-refractivity contribution in [1.82, 2.24) is 9.55 Å². The summed E-state index contributed by atoms with van der Waals surface area (Å²) in [6, 6.07) is 11.5. The zero-order chi connectivity index (χ0) is 25.3. The molecule has 0 fully saturated rings. The van der Waals surface area contributed by atoms with Crippen LogP contribution in [0.5, 0.6) is 0 Å². The van der Waals surface area contributed by atoms with E-state index in [1.54, 1.807) is 29.4 Å². The lowest BCUT2D eigenvalue weighted by atomic mass is 10.0. The molecule has 0 bridgehead atoms. The number of hydrogen-bond acceptors (Lipinski definition) is 5. The van der Waals surface area contributed by atoms with Crippen molar-refractivity contribution in [3.05, 3.63) is 103 Å². The zero-order valence-corrected chi connectivity index (χ0v) is 19.6. The van der Waals surface area contributed by atoms with Crippen molar-refractivity contribution in [1.29, 1.82) is 0 Å². The van der Waals surface area contributed by atoms with Crippen LogP contribution < -0.4 is 11.2 Å². The second-order valence-corrected chi connectivity index (χ2v) is 9.28. The van der Waals surface area contributed by atoms with Gasteiger partial charge >= 0.3 is 11.7 Å². The van der Waals surface area contributed by atoms with Gasteiger partial charge in [0.05, 0.1) is 12.6 Å². The van der Waals surface area contributed by atoms with Gasteiger partial charge in [-0.15, -0.1) is 0 Å². The van der Waals surface area contributed by atoms with Crippen LogP contribution in [0.3, 0.4) is 0 Å². The molecule has 0 radical (unpaired) electrons. The molecule has 1 atom stereocenters. The lowest BCUT2D eigenvalue weighted by Gasteiger charge is -2.09. The molecule has 4 rings (SSSR count). The highest BCUT2D eigenvalue weighted by Gasteiger charge is 2.26. The summed E-state index contributed by atoms with van der Waals surface area (Å²) in [7, 11) is -1.10. The molecule has 0 amide bonds. The fraction of sp³-hybridized carbons (Fsp3) is 0.160. The van der Waals surface area contributed by atoms with Gasteiger partial charge in [0.2, 0.25) is 5.82 Å². The third-order valence-electron chi connectivity index (χ3n) is 5.63. The second kappa shape index (κ2) is 9.75. The summed E-state index contributed by atoms with van der Waals surface area (Å²) < 4.78 is 45.0. The number of aromatic amines is 1. The predicted octanol–water partition coefficient (Wildman–Crippen LogP) is 3.47. The molecule has 7 nitrogen and oxygen atoms in total. The molecule has 0 saturated heterocycles. The van der Waals surface area contributed by atoms with Crippen LogP contribution in [0.4, 0.5) is 8.78 Å². The highest BCUT2D eigenvalue weighted by molar-refractivity contribution is 7.84. The molecular weight excluding hydrogens is 478 g/mol. The Labute approximate surface area is 200 Å². The predicted molar refractivity (Wildman–Crippen MR) is 128 cm³/mol. The van der Waals surface area contributed by atoms with Crippen molar-refractivity contribution in [2.24, 2.45) is 0 Å². The molecule has 1 unspecified atom stereocenters. The lowest BCUT2D eigenvalue weighted by molar-refractivity contribution is -0.146. The van der Waals surface area contributed by atoms with Crippen LogP contribution >= 0.6 is 0 Å². The molecule has 10 heteroatoms. The van der Waals surface area contributed by atoms with Gasteiger partial charge in [0.1, 0.15) is 5.82 Å². The Morgan fingerprint density at radius 3 is 2.51 bits per heavy atom. The smallest absolute Gasteiger partial charge is 0.331 e. The number of rotatable bonds is 6. The maximum absolute atomic E-state index is 14.1. The zero-order valence-electron chi connectivity index (χ0n) is 18.8. The molecule has 2 aromatic carbocycles. The second-order valence-electron chi connectivity index (χ2n) is 7.90. The van der Waals surface area contributed by atoms with Crippen LogP contribution in [-0.4, -0.2) is 26.0 Å². The number of carbonyl (C=O) groups excluding carboxylic acids is 1. The van der Waals surface area contributed by atoms with Gasteiger partial charge in [0, 0.05) is 22.0 Å². The molecule has 1 aliphatic carbocycles. The third-order valence-corrected chi connectivity index (χ3v) is 6.57. The summed E-state index contributed by atoms with van der Waals surface area (Å²) in [5, 5.41) is 0. The summed E-state index contributed by atoms with van der Waals surface area (Å²) >= 11 is 0. The maximum Gasteiger partial charge on any atom is 0.331 e. The van der Waals surface area contributed by atoms with Gasteiger partial charge < -0.3 is 4.74 Å². The maximum atomic E-state index is 14.1. The molecule has 0 spiro atoms. The Morgan fingerprint density at radius 2 is 1.83 bits per heavy atom. The van der Waals surface area contributed by atoms with Crippen molar-refractivity contribution in [3.8, 4) is 0 Å². The van der Waals surface area contributed by atoms with Crippen LogP contribution in [0, 0.1) is 11.6 Å². The Balaban J connectivity index is 1.61. The number of aromatic nitrogens is 2. The molecule has 3 aromatic rings. The Kier molecular flexibility index (Phi) is 6.74. The molecule has 1 heterocycles. The largest absolute Gasteiger partial charge is 0.443 e. The molecule has 0 aliphatic heterocycles. The van der Waals surface area contributed by atoms with E-state index in [0.29, 0.717) is 22.2 Å². The quantitative estimate of drug-likeness (QED) is 0.525. The van der Waals surface area contributed by atoms with Crippen LogP contribution in [-0.2, 0) is 27.1 Å². The van der Waals surface area contributed by atoms with E-state index in [-0.39, 0.29) is 6.42 Å². The third kappa shape index (κ3) is 5.12. The number of nitrogens with one attached hydrogen (secondary N) is 1. The lowest BCUT2D eigenvalue weighted by Crippen LogP contribution is -2.32. The van der Waals surface area contributed by atoms with Crippen molar-refractivity contribution >= 4 is 34.0 Å². The summed E-state index contributed by atoms with van der Waals surface area (Å²) in [6.45, 7) is 1.21. The molecule has 35 heavy (non-hydrogen) atoms. The van der Waals surface area contributed by atoms with Gasteiger partial charge in [-0.05, 0) is 70.7 Å². The fourth-order valence-corrected chi connectivity index (χ4v) is 4.34. The molecule has 180 valence electrons. The number of carbonyl (C=O) groups is 1. The number of nitrogens with zero attached hydrogens (tertiary/aromatic N) is 1. The summed E-state index contributed by atoms with van der Waals surface area (Å²) in [5.74, 6) is -2.37. The number of ether oxygens (including phenoxy) is 1. The van der Waals surface area contributed by atoms with E-state index in [1.807, 2.05) is 25.1 Å². The SMILES string of the molecule is CC1=C(CC(=O)OCn2cc(F)c(=O)[nH]c2=O)c2cc(F)ccc2/C1=C\c1ccc(S(C)=O)cc1. The van der Waals surface area contributed by atoms with E-state index >= 15 is 0 Å². The molecular formula is C25H20F2N2O5S. The summed E-state index contributed by atoms with van der Waals surface area (Å²) in [4.78, 5) is 37.9. The van der Waals surface area contributed by atoms with Crippen LogP contribution in [0.25, 0.3) is 17.2 Å². The van der Waals surface area contributed by atoms with E-state index in [0.717, 1.165) is 26.8 Å². The van der Waals surface area contributed by atoms with E-state index in [4.69, 9.17) is 4.74 Å². The first-order valence-electron chi connectivity index (χ1n) is 10.4. The highest BCUT2D eigenvalue weighted by Crippen LogP contribution is 2.44. The van der Waals surface area contributed by atoms with Crippen LogP contribution in [0.15, 0.2) is 68.7 Å². The minimum atomic E-state index is -1.19. The number of esters is 1. The monoisotopic (exact) mass is 498 g/mol. The highest BCUT2D eigenvalue weighted by atomic mass is 32.2. The van der Waals surface area contributed by atoms with E-state index in [9.17, 15) is 27.4 Å². The average molecular weight is 499 g/mol. The van der Waals surface area contributed by atoms with Gasteiger partial charge in [-0.25, -0.2) is 9.18 Å². The van der Waals surface area contributed by atoms with Crippen molar-refractivity contribution in [2.45, 2.75) is 25.0 Å². The van der Waals surface area contributed by atoms with Gasteiger partial charge in [0.15, 0.2) is 6.73 Å². The number of halogens is 2. The summed E-state index contributed by atoms with van der Waals surface area (Å²) in [6.07, 6.45) is 3.93. The van der Waals surface area contributed by atoms with Gasteiger partial charge in [-0.2, -0.15) is 4.39 Å².